The van der Waals surface area contributed by atoms with E-state index in [1.54, 1.807) is 0 Å². The molecule has 0 N–H and O–H groups in total. The molecule has 1 aromatic rings. The van der Waals surface area contributed by atoms with Crippen LogP contribution in [0.5, 0.6) is 5.75 Å². The molecule has 7 heteroatoms. The molecule has 1 aliphatic heterocycles. The van der Waals surface area contributed by atoms with Crippen LogP contribution in [0, 0.1) is 5.82 Å². The quantitative estimate of drug-likeness (QED) is 0.800. The summed E-state index contributed by atoms with van der Waals surface area (Å²) in [5.74, 6) is -1.38. The van der Waals surface area contributed by atoms with Gasteiger partial charge in [0, 0.05) is 0 Å². The van der Waals surface area contributed by atoms with Crippen molar-refractivity contribution in [3.05, 3.63) is 24.0 Å². The summed E-state index contributed by atoms with van der Waals surface area (Å²) < 4.78 is 53.4. The Bertz CT molecular complexity index is 490. The van der Waals surface area contributed by atoms with Crippen LogP contribution >= 0.6 is 0 Å². The van der Waals surface area contributed by atoms with Gasteiger partial charge >= 0.3 is 13.7 Å². The molecule has 20 heavy (non-hydrogen) atoms. The molecule has 0 radical (unpaired) electrons. The van der Waals surface area contributed by atoms with Gasteiger partial charge in [-0.1, -0.05) is 6.07 Å². The molecule has 0 aliphatic carbocycles. The standard InChI is InChI=1S/C13H16BF3O3/c1-12(2)13(3,4)20-14(19-12)8-5-6-9(15)10(7-8)18-11(16)17/h5-7,11H,1-4H3. The molecule has 3 nitrogen and oxygen atoms in total. The van der Waals surface area contributed by atoms with Gasteiger partial charge in [-0.3, -0.25) is 0 Å². The average Bonchev–Trinajstić information content (AvgIpc) is 2.50. The first-order valence-electron chi connectivity index (χ1n) is 6.22. The van der Waals surface area contributed by atoms with E-state index in [4.69, 9.17) is 9.31 Å². The number of benzene rings is 1. The van der Waals surface area contributed by atoms with Gasteiger partial charge < -0.3 is 14.0 Å². The molecular weight excluding hydrogens is 272 g/mol. The molecule has 1 heterocycles. The molecule has 1 fully saturated rings. The number of ether oxygens (including phenoxy) is 1. The number of hydrogen-bond donors (Lipinski definition) is 0. The maximum atomic E-state index is 13.4. The first kappa shape index (κ1) is 15.2. The Hall–Kier alpha value is -1.21. The van der Waals surface area contributed by atoms with E-state index >= 15 is 0 Å². The van der Waals surface area contributed by atoms with Gasteiger partial charge in [0.25, 0.3) is 0 Å². The summed E-state index contributed by atoms with van der Waals surface area (Å²) in [6, 6.07) is 3.65. The molecule has 0 aromatic heterocycles. The second-order valence-corrected chi connectivity index (χ2v) is 5.66. The van der Waals surface area contributed by atoms with Gasteiger partial charge in [-0.2, -0.15) is 8.78 Å². The number of rotatable bonds is 3. The lowest BCUT2D eigenvalue weighted by Crippen LogP contribution is -2.41. The molecule has 0 spiro atoms. The van der Waals surface area contributed by atoms with Crippen molar-refractivity contribution in [1.82, 2.24) is 0 Å². The van der Waals surface area contributed by atoms with Gasteiger partial charge in [0.1, 0.15) is 0 Å². The Morgan fingerprint density at radius 3 is 2.15 bits per heavy atom. The third kappa shape index (κ3) is 2.78. The van der Waals surface area contributed by atoms with Crippen LogP contribution in [0.3, 0.4) is 0 Å². The molecule has 0 unspecified atom stereocenters. The highest BCUT2D eigenvalue weighted by atomic mass is 19.3. The topological polar surface area (TPSA) is 27.7 Å². The number of halogens is 3. The zero-order valence-corrected chi connectivity index (χ0v) is 11.7. The number of alkyl halides is 2. The van der Waals surface area contributed by atoms with Crippen molar-refractivity contribution in [3.63, 3.8) is 0 Å². The van der Waals surface area contributed by atoms with Gasteiger partial charge in [0.15, 0.2) is 11.6 Å². The van der Waals surface area contributed by atoms with E-state index in [0.29, 0.717) is 5.46 Å². The van der Waals surface area contributed by atoms with Crippen molar-refractivity contribution >= 4 is 12.6 Å². The van der Waals surface area contributed by atoms with Crippen LogP contribution in [0.4, 0.5) is 13.2 Å². The van der Waals surface area contributed by atoms with Crippen molar-refractivity contribution in [2.24, 2.45) is 0 Å². The minimum absolute atomic E-state index is 0.431. The lowest BCUT2D eigenvalue weighted by atomic mass is 9.79. The zero-order chi connectivity index (χ0) is 15.1. The highest BCUT2D eigenvalue weighted by Crippen LogP contribution is 2.36. The molecule has 0 bridgehead atoms. The summed E-state index contributed by atoms with van der Waals surface area (Å²) in [4.78, 5) is 0. The molecule has 0 saturated carbocycles. The summed E-state index contributed by atoms with van der Waals surface area (Å²) in [5, 5.41) is 0. The van der Waals surface area contributed by atoms with Gasteiger partial charge in [0.05, 0.1) is 11.2 Å². The maximum Gasteiger partial charge on any atom is 0.494 e. The van der Waals surface area contributed by atoms with Crippen LogP contribution in [-0.2, 0) is 9.31 Å². The second-order valence-electron chi connectivity index (χ2n) is 5.66. The Kier molecular flexibility index (Phi) is 3.77. The molecule has 0 amide bonds. The predicted octanol–water partition coefficient (Wildman–Crippen LogP) is 2.73. The minimum atomic E-state index is -3.09. The average molecular weight is 288 g/mol. The molecule has 1 aromatic carbocycles. The fourth-order valence-corrected chi connectivity index (χ4v) is 1.83. The van der Waals surface area contributed by atoms with Crippen molar-refractivity contribution in [3.8, 4) is 5.75 Å². The molecule has 2 rings (SSSR count). The van der Waals surface area contributed by atoms with Crippen LogP contribution in [0.2, 0.25) is 0 Å². The SMILES string of the molecule is CC1(C)OB(c2ccc(F)c(OC(F)F)c2)OC1(C)C. The Morgan fingerprint density at radius 2 is 1.65 bits per heavy atom. The van der Waals surface area contributed by atoms with Crippen LogP contribution in [0.1, 0.15) is 27.7 Å². The molecule has 1 aliphatic rings. The smallest absolute Gasteiger partial charge is 0.432 e. The van der Waals surface area contributed by atoms with E-state index in [9.17, 15) is 13.2 Å². The Morgan fingerprint density at radius 1 is 1.10 bits per heavy atom. The second kappa shape index (κ2) is 4.97. The van der Waals surface area contributed by atoms with Crippen LogP contribution in [0.25, 0.3) is 0 Å². The van der Waals surface area contributed by atoms with Gasteiger partial charge in [-0.25, -0.2) is 4.39 Å². The number of hydrogen-bond acceptors (Lipinski definition) is 3. The largest absolute Gasteiger partial charge is 0.494 e. The predicted molar refractivity (Wildman–Crippen MR) is 68.7 cm³/mol. The van der Waals surface area contributed by atoms with Crippen LogP contribution in [0.15, 0.2) is 18.2 Å². The lowest BCUT2D eigenvalue weighted by Gasteiger charge is -2.32. The van der Waals surface area contributed by atoms with Crippen molar-refractivity contribution in [2.45, 2.75) is 45.5 Å². The van der Waals surface area contributed by atoms with Crippen LogP contribution in [-0.4, -0.2) is 24.9 Å². The summed E-state index contributed by atoms with van der Waals surface area (Å²) >= 11 is 0. The zero-order valence-electron chi connectivity index (χ0n) is 11.7. The third-order valence-corrected chi connectivity index (χ3v) is 3.70. The first-order valence-corrected chi connectivity index (χ1v) is 6.22. The van der Waals surface area contributed by atoms with Gasteiger partial charge in [0.2, 0.25) is 0 Å². The summed E-state index contributed by atoms with van der Waals surface area (Å²) in [6.07, 6.45) is 0. The van der Waals surface area contributed by atoms with Gasteiger partial charge in [-0.15, -0.1) is 0 Å². The van der Waals surface area contributed by atoms with E-state index in [1.807, 2.05) is 27.7 Å². The van der Waals surface area contributed by atoms with E-state index < -0.39 is 36.5 Å². The van der Waals surface area contributed by atoms with Crippen molar-refractivity contribution < 1.29 is 27.2 Å². The van der Waals surface area contributed by atoms with E-state index in [2.05, 4.69) is 4.74 Å². The van der Waals surface area contributed by atoms with E-state index in [-0.39, 0.29) is 0 Å². The normalized spacial score (nSPS) is 20.5. The highest BCUT2D eigenvalue weighted by molar-refractivity contribution is 6.62. The maximum absolute atomic E-state index is 13.4. The fourth-order valence-electron chi connectivity index (χ4n) is 1.83. The molecule has 110 valence electrons. The molecular formula is C13H16BF3O3. The third-order valence-electron chi connectivity index (χ3n) is 3.70. The van der Waals surface area contributed by atoms with Gasteiger partial charge in [-0.05, 0) is 45.3 Å². The molecule has 0 atom stereocenters. The highest BCUT2D eigenvalue weighted by Gasteiger charge is 2.51. The van der Waals surface area contributed by atoms with E-state index in [0.717, 1.165) is 6.07 Å². The fraction of sp³-hybridized carbons (Fsp3) is 0.538. The summed E-state index contributed by atoms with van der Waals surface area (Å²) in [6.45, 7) is 4.39. The Balaban J connectivity index is 2.27. The van der Waals surface area contributed by atoms with Crippen LogP contribution < -0.4 is 10.2 Å². The monoisotopic (exact) mass is 288 g/mol. The lowest BCUT2D eigenvalue weighted by molar-refractivity contribution is -0.0521. The summed E-state index contributed by atoms with van der Waals surface area (Å²) in [5.41, 5.74) is -0.688. The minimum Gasteiger partial charge on any atom is -0.432 e. The molecule has 1 saturated heterocycles. The summed E-state index contributed by atoms with van der Waals surface area (Å²) in [7, 11) is -0.749. The Labute approximate surface area is 116 Å². The first-order chi connectivity index (χ1) is 9.12. The van der Waals surface area contributed by atoms with Crippen molar-refractivity contribution in [2.75, 3.05) is 0 Å². The van der Waals surface area contributed by atoms with Crippen molar-refractivity contribution in [1.29, 1.82) is 0 Å². The van der Waals surface area contributed by atoms with E-state index in [1.165, 1.54) is 12.1 Å².